The van der Waals surface area contributed by atoms with E-state index in [1.807, 2.05) is 17.9 Å². The highest BCUT2D eigenvalue weighted by Gasteiger charge is 1.96. The minimum Gasteiger partial charge on any atom is -0.267 e. The third-order valence-electron chi connectivity index (χ3n) is 1.37. The molecule has 0 spiro atoms. The highest BCUT2D eigenvalue weighted by atomic mass is 32.1. The zero-order valence-electron chi connectivity index (χ0n) is 5.03. The van der Waals surface area contributed by atoms with Crippen molar-refractivity contribution in [1.29, 1.82) is 0 Å². The first-order valence-corrected chi connectivity index (χ1v) is 3.61. The maximum atomic E-state index is 4.08. The van der Waals surface area contributed by atoms with Gasteiger partial charge in [-0.1, -0.05) is 0 Å². The SMILES string of the molecule is Cn1ncc2sccc21. The molecule has 0 radical (unpaired) electrons. The van der Waals surface area contributed by atoms with Crippen molar-refractivity contribution in [2.24, 2.45) is 7.05 Å². The van der Waals surface area contributed by atoms with Crippen LogP contribution in [0.4, 0.5) is 0 Å². The molecule has 0 amide bonds. The first-order chi connectivity index (χ1) is 4.38. The quantitative estimate of drug-likeness (QED) is 0.541. The fraction of sp³-hybridized carbons (Fsp3) is 0.167. The predicted molar refractivity (Wildman–Crippen MR) is 38.6 cm³/mol. The summed E-state index contributed by atoms with van der Waals surface area (Å²) in [7, 11) is 1.95. The minimum atomic E-state index is 1.22. The highest BCUT2D eigenvalue weighted by Crippen LogP contribution is 2.18. The fourth-order valence-corrected chi connectivity index (χ4v) is 1.65. The zero-order valence-corrected chi connectivity index (χ0v) is 5.85. The van der Waals surface area contributed by atoms with Gasteiger partial charge in [0.25, 0.3) is 0 Å². The lowest BCUT2D eigenvalue weighted by Crippen LogP contribution is -1.86. The molecule has 2 rings (SSSR count). The first kappa shape index (κ1) is 4.99. The molecule has 0 aromatic carbocycles. The Labute approximate surface area is 56.7 Å². The van der Waals surface area contributed by atoms with Gasteiger partial charge in [0.15, 0.2) is 0 Å². The lowest BCUT2D eigenvalue weighted by atomic mass is 10.5. The van der Waals surface area contributed by atoms with Gasteiger partial charge in [0.2, 0.25) is 0 Å². The number of rotatable bonds is 0. The van der Waals surface area contributed by atoms with Gasteiger partial charge in [0.05, 0.1) is 16.4 Å². The molecule has 0 unspecified atom stereocenters. The highest BCUT2D eigenvalue weighted by molar-refractivity contribution is 7.17. The van der Waals surface area contributed by atoms with Gasteiger partial charge in [0.1, 0.15) is 0 Å². The maximum Gasteiger partial charge on any atom is 0.0787 e. The van der Waals surface area contributed by atoms with Crippen molar-refractivity contribution in [3.8, 4) is 0 Å². The van der Waals surface area contributed by atoms with Crippen LogP contribution in [0.3, 0.4) is 0 Å². The second kappa shape index (κ2) is 1.57. The van der Waals surface area contributed by atoms with Gasteiger partial charge in [-0.15, -0.1) is 11.3 Å². The largest absolute Gasteiger partial charge is 0.267 e. The molecule has 0 N–H and O–H groups in total. The van der Waals surface area contributed by atoms with Crippen molar-refractivity contribution >= 4 is 21.6 Å². The number of fused-ring (bicyclic) bond motifs is 1. The molecule has 0 saturated heterocycles. The fourth-order valence-electron chi connectivity index (χ4n) is 0.879. The number of hydrogen-bond donors (Lipinski definition) is 0. The predicted octanol–water partition coefficient (Wildman–Crippen LogP) is 1.63. The molecular formula is C6H6N2S. The Hall–Kier alpha value is -0.830. The molecule has 2 nitrogen and oxygen atoms in total. The minimum absolute atomic E-state index is 1.22. The Morgan fingerprint density at radius 3 is 3.33 bits per heavy atom. The zero-order chi connectivity index (χ0) is 6.27. The summed E-state index contributed by atoms with van der Waals surface area (Å²) in [5.41, 5.74) is 1.22. The van der Waals surface area contributed by atoms with Crippen molar-refractivity contribution in [3.63, 3.8) is 0 Å². The van der Waals surface area contributed by atoms with Crippen molar-refractivity contribution in [3.05, 3.63) is 17.6 Å². The van der Waals surface area contributed by atoms with Crippen LogP contribution in [0, 0.1) is 0 Å². The molecule has 3 heteroatoms. The Balaban J connectivity index is 2.99. The van der Waals surface area contributed by atoms with E-state index in [-0.39, 0.29) is 0 Å². The van der Waals surface area contributed by atoms with E-state index in [2.05, 4.69) is 16.5 Å². The summed E-state index contributed by atoms with van der Waals surface area (Å²) in [6.45, 7) is 0. The third-order valence-corrected chi connectivity index (χ3v) is 2.21. The number of hydrogen-bond acceptors (Lipinski definition) is 2. The molecule has 0 saturated carbocycles. The van der Waals surface area contributed by atoms with Crippen LogP contribution < -0.4 is 0 Å². The summed E-state index contributed by atoms with van der Waals surface area (Å²) in [4.78, 5) is 0. The number of nitrogens with zero attached hydrogens (tertiary/aromatic N) is 2. The Kier molecular flexibility index (Phi) is 0.873. The summed E-state index contributed by atoms with van der Waals surface area (Å²) in [6, 6.07) is 2.08. The van der Waals surface area contributed by atoms with Crippen LogP contribution in [-0.2, 0) is 7.05 Å². The standard InChI is InChI=1S/C6H6N2S/c1-8-5-2-3-9-6(5)4-7-8/h2-4H,1H3. The van der Waals surface area contributed by atoms with Crippen LogP contribution in [0.2, 0.25) is 0 Å². The van der Waals surface area contributed by atoms with E-state index in [0.29, 0.717) is 0 Å². The summed E-state index contributed by atoms with van der Waals surface area (Å²) < 4.78 is 3.14. The van der Waals surface area contributed by atoms with Gasteiger partial charge in [-0.05, 0) is 11.4 Å². The average Bonchev–Trinajstić information content (AvgIpc) is 2.35. The maximum absolute atomic E-state index is 4.08. The normalized spacial score (nSPS) is 10.8. The molecule has 0 aliphatic rings. The topological polar surface area (TPSA) is 17.8 Å². The summed E-state index contributed by atoms with van der Waals surface area (Å²) in [5.74, 6) is 0. The van der Waals surface area contributed by atoms with Gasteiger partial charge in [0, 0.05) is 7.05 Å². The van der Waals surface area contributed by atoms with Crippen molar-refractivity contribution in [2.75, 3.05) is 0 Å². The van der Waals surface area contributed by atoms with Gasteiger partial charge < -0.3 is 0 Å². The van der Waals surface area contributed by atoms with Gasteiger partial charge in [-0.25, -0.2) is 0 Å². The monoisotopic (exact) mass is 138 g/mol. The van der Waals surface area contributed by atoms with Crippen LogP contribution in [-0.4, -0.2) is 9.78 Å². The van der Waals surface area contributed by atoms with E-state index in [4.69, 9.17) is 0 Å². The van der Waals surface area contributed by atoms with Crippen LogP contribution >= 0.6 is 11.3 Å². The number of aryl methyl sites for hydroxylation is 1. The molecular weight excluding hydrogens is 132 g/mol. The van der Waals surface area contributed by atoms with Crippen LogP contribution in [0.5, 0.6) is 0 Å². The average molecular weight is 138 g/mol. The summed E-state index contributed by atoms with van der Waals surface area (Å²) in [5, 5.41) is 6.16. The molecule has 0 aliphatic heterocycles. The van der Waals surface area contributed by atoms with Crippen molar-refractivity contribution < 1.29 is 0 Å². The number of thiophene rings is 1. The smallest absolute Gasteiger partial charge is 0.0787 e. The molecule has 0 fully saturated rings. The second-order valence-electron chi connectivity index (χ2n) is 1.94. The van der Waals surface area contributed by atoms with E-state index < -0.39 is 0 Å². The molecule has 46 valence electrons. The molecule has 0 atom stereocenters. The molecule has 9 heavy (non-hydrogen) atoms. The van der Waals surface area contributed by atoms with Gasteiger partial charge in [-0.3, -0.25) is 4.68 Å². The summed E-state index contributed by atoms with van der Waals surface area (Å²) >= 11 is 1.72. The molecule has 2 heterocycles. The van der Waals surface area contributed by atoms with E-state index in [9.17, 15) is 0 Å². The molecule has 0 aliphatic carbocycles. The van der Waals surface area contributed by atoms with Crippen LogP contribution in [0.1, 0.15) is 0 Å². The molecule has 0 bridgehead atoms. The van der Waals surface area contributed by atoms with Gasteiger partial charge >= 0.3 is 0 Å². The molecule has 2 aromatic heterocycles. The lowest BCUT2D eigenvalue weighted by molar-refractivity contribution is 0.797. The lowest BCUT2D eigenvalue weighted by Gasteiger charge is -1.83. The van der Waals surface area contributed by atoms with E-state index in [0.717, 1.165) is 0 Å². The Morgan fingerprint density at radius 2 is 2.56 bits per heavy atom. The van der Waals surface area contributed by atoms with Gasteiger partial charge in [-0.2, -0.15) is 5.10 Å². The van der Waals surface area contributed by atoms with E-state index >= 15 is 0 Å². The van der Waals surface area contributed by atoms with Crippen LogP contribution in [0.25, 0.3) is 10.2 Å². The Morgan fingerprint density at radius 1 is 1.67 bits per heavy atom. The second-order valence-corrected chi connectivity index (χ2v) is 2.89. The Bertz CT molecular complexity index is 320. The first-order valence-electron chi connectivity index (χ1n) is 2.73. The van der Waals surface area contributed by atoms with Crippen LogP contribution in [0.15, 0.2) is 17.6 Å². The third kappa shape index (κ3) is 0.580. The van der Waals surface area contributed by atoms with Crippen molar-refractivity contribution in [2.45, 2.75) is 0 Å². The number of aromatic nitrogens is 2. The summed E-state index contributed by atoms with van der Waals surface area (Å²) in [6.07, 6.45) is 1.89. The van der Waals surface area contributed by atoms with E-state index in [1.54, 1.807) is 11.3 Å². The van der Waals surface area contributed by atoms with E-state index in [1.165, 1.54) is 10.2 Å². The van der Waals surface area contributed by atoms with Crippen molar-refractivity contribution in [1.82, 2.24) is 9.78 Å². The molecule has 2 aromatic rings.